The number of rotatable bonds is 11. The van der Waals surface area contributed by atoms with Crippen LogP contribution in [0.5, 0.6) is 0 Å². The number of carbonyl (C=O) groups is 4. The summed E-state index contributed by atoms with van der Waals surface area (Å²) in [5, 5.41) is 6.01. The SMILES string of the molecule is CC(=O)C(CNCCNCC(C(C)=O)C(C)=O)C(C)=O. The Labute approximate surface area is 119 Å². The fraction of sp³-hybridized carbons (Fsp3) is 0.714. The Morgan fingerprint density at radius 1 is 0.650 bits per heavy atom. The fourth-order valence-corrected chi connectivity index (χ4v) is 1.82. The Hall–Kier alpha value is -1.40. The summed E-state index contributed by atoms with van der Waals surface area (Å²) in [4.78, 5) is 44.8. The van der Waals surface area contributed by atoms with Gasteiger partial charge in [0.25, 0.3) is 0 Å². The summed E-state index contributed by atoms with van der Waals surface area (Å²) in [6.07, 6.45) is 0. The molecule has 0 aliphatic carbocycles. The van der Waals surface area contributed by atoms with Gasteiger partial charge in [0.15, 0.2) is 0 Å². The molecule has 114 valence electrons. The molecule has 0 bridgehead atoms. The highest BCUT2D eigenvalue weighted by atomic mass is 16.2. The lowest BCUT2D eigenvalue weighted by Crippen LogP contribution is -2.38. The van der Waals surface area contributed by atoms with Crippen LogP contribution >= 0.6 is 0 Å². The second-order valence-electron chi connectivity index (χ2n) is 4.96. The number of carbonyl (C=O) groups excluding carboxylic acids is 4. The van der Waals surface area contributed by atoms with Crippen LogP contribution in [-0.4, -0.2) is 49.3 Å². The zero-order valence-electron chi connectivity index (χ0n) is 12.6. The Morgan fingerprint density at radius 3 is 1.10 bits per heavy atom. The zero-order valence-corrected chi connectivity index (χ0v) is 12.6. The van der Waals surface area contributed by atoms with Gasteiger partial charge in [-0.15, -0.1) is 0 Å². The monoisotopic (exact) mass is 284 g/mol. The molecule has 2 N–H and O–H groups in total. The van der Waals surface area contributed by atoms with E-state index in [1.165, 1.54) is 27.7 Å². The lowest BCUT2D eigenvalue weighted by molar-refractivity contribution is -0.131. The van der Waals surface area contributed by atoms with Gasteiger partial charge >= 0.3 is 0 Å². The largest absolute Gasteiger partial charge is 0.314 e. The third-order valence-electron chi connectivity index (χ3n) is 3.14. The molecule has 0 saturated heterocycles. The molecule has 0 aromatic carbocycles. The number of hydrogen-bond acceptors (Lipinski definition) is 6. The van der Waals surface area contributed by atoms with Crippen molar-refractivity contribution in [3.63, 3.8) is 0 Å². The minimum atomic E-state index is -0.600. The number of nitrogens with one attached hydrogen (secondary N) is 2. The number of ketones is 4. The van der Waals surface area contributed by atoms with E-state index in [4.69, 9.17) is 0 Å². The lowest BCUT2D eigenvalue weighted by Gasteiger charge is -2.13. The van der Waals surface area contributed by atoms with Crippen molar-refractivity contribution in [3.05, 3.63) is 0 Å². The maximum Gasteiger partial charge on any atom is 0.141 e. The van der Waals surface area contributed by atoms with Gasteiger partial charge < -0.3 is 10.6 Å². The van der Waals surface area contributed by atoms with Crippen LogP contribution in [0.3, 0.4) is 0 Å². The van der Waals surface area contributed by atoms with Crippen molar-refractivity contribution in [1.29, 1.82) is 0 Å². The zero-order chi connectivity index (χ0) is 15.7. The van der Waals surface area contributed by atoms with Gasteiger partial charge in [-0.2, -0.15) is 0 Å². The Morgan fingerprint density at radius 2 is 0.900 bits per heavy atom. The molecule has 0 unspecified atom stereocenters. The first-order chi connectivity index (χ1) is 9.27. The van der Waals surface area contributed by atoms with Crippen LogP contribution in [0, 0.1) is 11.8 Å². The molecule has 0 amide bonds. The molecule has 0 aliphatic heterocycles. The molecule has 6 heteroatoms. The summed E-state index contributed by atoms with van der Waals surface area (Å²) >= 11 is 0. The molecule has 0 aromatic heterocycles. The quantitative estimate of drug-likeness (QED) is 0.402. The predicted molar refractivity (Wildman–Crippen MR) is 75.4 cm³/mol. The van der Waals surface area contributed by atoms with E-state index in [2.05, 4.69) is 10.6 Å². The van der Waals surface area contributed by atoms with Crippen LogP contribution in [0.2, 0.25) is 0 Å². The first kappa shape index (κ1) is 18.6. The summed E-state index contributed by atoms with van der Waals surface area (Å²) in [5.74, 6) is -1.79. The van der Waals surface area contributed by atoms with Gasteiger partial charge in [0.05, 0.1) is 11.8 Å². The Kier molecular flexibility index (Phi) is 8.83. The molecule has 6 nitrogen and oxygen atoms in total. The summed E-state index contributed by atoms with van der Waals surface area (Å²) < 4.78 is 0. The standard InChI is InChI=1S/C14H24N2O4/c1-9(17)13(10(2)18)7-15-5-6-16-8-14(11(3)19)12(4)20/h13-16H,5-8H2,1-4H3. The highest BCUT2D eigenvalue weighted by Gasteiger charge is 2.19. The highest BCUT2D eigenvalue weighted by molar-refractivity contribution is 6.00. The highest BCUT2D eigenvalue weighted by Crippen LogP contribution is 1.99. The van der Waals surface area contributed by atoms with Crippen molar-refractivity contribution < 1.29 is 19.2 Å². The van der Waals surface area contributed by atoms with Crippen molar-refractivity contribution in [2.45, 2.75) is 27.7 Å². The first-order valence-electron chi connectivity index (χ1n) is 6.70. The van der Waals surface area contributed by atoms with Crippen molar-refractivity contribution in [2.24, 2.45) is 11.8 Å². The number of hydrogen-bond donors (Lipinski definition) is 2. The molecular weight excluding hydrogens is 260 g/mol. The normalized spacial score (nSPS) is 10.9. The molecule has 0 rings (SSSR count). The van der Waals surface area contributed by atoms with Crippen LogP contribution in [0.25, 0.3) is 0 Å². The molecule has 0 saturated carbocycles. The van der Waals surface area contributed by atoms with Gasteiger partial charge in [-0.05, 0) is 27.7 Å². The molecule has 0 radical (unpaired) electrons. The van der Waals surface area contributed by atoms with Gasteiger partial charge in [-0.1, -0.05) is 0 Å². The topological polar surface area (TPSA) is 92.3 Å². The second kappa shape index (κ2) is 9.50. The molecular formula is C14H24N2O4. The maximum absolute atomic E-state index is 11.2. The van der Waals surface area contributed by atoms with E-state index in [9.17, 15) is 19.2 Å². The number of Topliss-reactive ketones (excluding diaryl/α,β-unsaturated/α-hetero) is 4. The summed E-state index contributed by atoms with van der Waals surface area (Å²) in [6, 6.07) is 0. The van der Waals surface area contributed by atoms with Crippen LogP contribution in [-0.2, 0) is 19.2 Å². The van der Waals surface area contributed by atoms with E-state index in [1.54, 1.807) is 0 Å². The predicted octanol–water partition coefficient (Wildman–Crippen LogP) is -0.246. The third-order valence-corrected chi connectivity index (χ3v) is 3.14. The van der Waals surface area contributed by atoms with E-state index in [0.717, 1.165) is 0 Å². The molecule has 20 heavy (non-hydrogen) atoms. The fourth-order valence-electron chi connectivity index (χ4n) is 1.82. The summed E-state index contributed by atoms with van der Waals surface area (Å²) in [6.45, 7) is 7.34. The van der Waals surface area contributed by atoms with Crippen molar-refractivity contribution >= 4 is 23.1 Å². The summed E-state index contributed by atoms with van der Waals surface area (Å²) in [7, 11) is 0. The molecule has 0 aromatic rings. The van der Waals surface area contributed by atoms with Crippen molar-refractivity contribution in [1.82, 2.24) is 10.6 Å². The van der Waals surface area contributed by atoms with Gasteiger partial charge in [0, 0.05) is 26.2 Å². The van der Waals surface area contributed by atoms with Gasteiger partial charge in [-0.3, -0.25) is 19.2 Å². The smallest absolute Gasteiger partial charge is 0.141 e. The van der Waals surface area contributed by atoms with Crippen LogP contribution in [0.4, 0.5) is 0 Å². The van der Waals surface area contributed by atoms with Crippen molar-refractivity contribution in [2.75, 3.05) is 26.2 Å². The van der Waals surface area contributed by atoms with Gasteiger partial charge in [0.1, 0.15) is 23.1 Å². The molecule has 0 spiro atoms. The second-order valence-corrected chi connectivity index (χ2v) is 4.96. The maximum atomic E-state index is 11.2. The van der Waals surface area contributed by atoms with Crippen molar-refractivity contribution in [3.8, 4) is 0 Å². The van der Waals surface area contributed by atoms with E-state index < -0.39 is 11.8 Å². The van der Waals surface area contributed by atoms with E-state index in [1.807, 2.05) is 0 Å². The van der Waals surface area contributed by atoms with Gasteiger partial charge in [0.2, 0.25) is 0 Å². The van der Waals surface area contributed by atoms with Crippen LogP contribution in [0.15, 0.2) is 0 Å². The van der Waals surface area contributed by atoms with Gasteiger partial charge in [-0.25, -0.2) is 0 Å². The molecule has 0 atom stereocenters. The Balaban J connectivity index is 3.87. The summed E-state index contributed by atoms with van der Waals surface area (Å²) in [5.41, 5.74) is 0. The third kappa shape index (κ3) is 7.25. The lowest BCUT2D eigenvalue weighted by atomic mass is 10.0. The average molecular weight is 284 g/mol. The van der Waals surface area contributed by atoms with E-state index >= 15 is 0 Å². The molecule has 0 fully saturated rings. The minimum absolute atomic E-state index is 0.147. The first-order valence-corrected chi connectivity index (χ1v) is 6.70. The van der Waals surface area contributed by atoms with Crippen LogP contribution in [0.1, 0.15) is 27.7 Å². The van der Waals surface area contributed by atoms with E-state index in [-0.39, 0.29) is 23.1 Å². The molecule has 0 heterocycles. The Bertz CT molecular complexity index is 315. The van der Waals surface area contributed by atoms with E-state index in [0.29, 0.717) is 26.2 Å². The molecule has 0 aliphatic rings. The average Bonchev–Trinajstić information content (AvgIpc) is 2.30. The minimum Gasteiger partial charge on any atom is -0.314 e. The van der Waals surface area contributed by atoms with Crippen LogP contribution < -0.4 is 10.6 Å².